The van der Waals surface area contributed by atoms with E-state index in [2.05, 4.69) is 10.3 Å². The van der Waals surface area contributed by atoms with Crippen LogP contribution in [0.15, 0.2) is 36.5 Å². The van der Waals surface area contributed by atoms with Crippen molar-refractivity contribution < 1.29 is 23.8 Å². The molecule has 1 atom stereocenters. The molecule has 0 saturated heterocycles. The summed E-state index contributed by atoms with van der Waals surface area (Å²) in [4.78, 5) is 28.1. The van der Waals surface area contributed by atoms with Crippen molar-refractivity contribution in [3.05, 3.63) is 47.1 Å². The second-order valence-electron chi connectivity index (χ2n) is 7.05. The molecule has 0 saturated carbocycles. The molecule has 3 rings (SSSR count). The lowest BCUT2D eigenvalue weighted by molar-refractivity contribution is -0.155. The summed E-state index contributed by atoms with van der Waals surface area (Å²) < 4.78 is 16.6. The molecule has 1 N–H and O–H groups in total. The van der Waals surface area contributed by atoms with Crippen LogP contribution in [0.4, 0.5) is 5.82 Å². The maximum atomic E-state index is 12.1. The van der Waals surface area contributed by atoms with Crippen molar-refractivity contribution in [2.45, 2.75) is 38.9 Å². The molecule has 1 aliphatic rings. The van der Waals surface area contributed by atoms with Gasteiger partial charge in [0.05, 0.1) is 5.02 Å². The minimum absolute atomic E-state index is 0.313. The number of rotatable bonds is 6. The number of hydrogen-bond acceptors (Lipinski definition) is 6. The molecule has 2 aromatic rings. The fourth-order valence-electron chi connectivity index (χ4n) is 2.80. The number of anilines is 1. The van der Waals surface area contributed by atoms with Gasteiger partial charge in [-0.15, -0.1) is 0 Å². The van der Waals surface area contributed by atoms with Crippen LogP contribution < -0.4 is 14.8 Å². The van der Waals surface area contributed by atoms with Gasteiger partial charge in [-0.25, -0.2) is 9.78 Å². The molecule has 0 unspecified atom stereocenters. The van der Waals surface area contributed by atoms with Crippen LogP contribution in [0.25, 0.3) is 0 Å². The monoisotopic (exact) mass is 404 g/mol. The van der Waals surface area contributed by atoms with E-state index in [0.29, 0.717) is 22.3 Å². The molecule has 1 aliphatic heterocycles. The average Bonchev–Trinajstić information content (AvgIpc) is 2.96. The van der Waals surface area contributed by atoms with E-state index in [0.717, 1.165) is 12.0 Å². The number of nitrogens with zero attached hydrogens (tertiary/aromatic N) is 1. The number of pyridine rings is 1. The molecule has 1 amide bonds. The van der Waals surface area contributed by atoms with E-state index < -0.39 is 18.0 Å². The van der Waals surface area contributed by atoms with Crippen LogP contribution in [-0.2, 0) is 20.7 Å². The van der Waals surface area contributed by atoms with E-state index in [1.54, 1.807) is 18.2 Å². The van der Waals surface area contributed by atoms with Crippen LogP contribution in [0, 0.1) is 0 Å². The van der Waals surface area contributed by atoms with Crippen molar-refractivity contribution >= 4 is 29.3 Å². The zero-order valence-electron chi connectivity index (χ0n) is 15.8. The Morgan fingerprint density at radius 1 is 1.32 bits per heavy atom. The molecule has 0 aliphatic carbocycles. The van der Waals surface area contributed by atoms with Gasteiger partial charge in [-0.2, -0.15) is 0 Å². The topological polar surface area (TPSA) is 86.8 Å². The molecule has 0 radical (unpaired) electrons. The van der Waals surface area contributed by atoms with Crippen LogP contribution in [0.1, 0.15) is 26.3 Å². The number of para-hydroxylation sites is 1. The highest BCUT2D eigenvalue weighted by Crippen LogP contribution is 2.41. The summed E-state index contributed by atoms with van der Waals surface area (Å²) in [5, 5.41) is 3.00. The van der Waals surface area contributed by atoms with E-state index in [4.69, 9.17) is 25.8 Å². The number of esters is 1. The van der Waals surface area contributed by atoms with Gasteiger partial charge < -0.3 is 19.5 Å². The van der Waals surface area contributed by atoms with Gasteiger partial charge in [-0.3, -0.25) is 4.79 Å². The van der Waals surface area contributed by atoms with Crippen molar-refractivity contribution in [3.8, 4) is 11.5 Å². The Bertz CT molecular complexity index is 883. The molecular formula is C20H21ClN2O5. The van der Waals surface area contributed by atoms with Gasteiger partial charge in [0.2, 0.25) is 0 Å². The predicted octanol–water partition coefficient (Wildman–Crippen LogP) is 3.40. The summed E-state index contributed by atoms with van der Waals surface area (Å²) in [7, 11) is 0. The van der Waals surface area contributed by atoms with Gasteiger partial charge >= 0.3 is 5.97 Å². The maximum absolute atomic E-state index is 12.1. The number of amides is 1. The third-order valence-corrected chi connectivity index (χ3v) is 4.28. The quantitative estimate of drug-likeness (QED) is 0.742. The van der Waals surface area contributed by atoms with E-state index in [1.165, 1.54) is 13.1 Å². The Morgan fingerprint density at radius 3 is 2.82 bits per heavy atom. The molecule has 8 heteroatoms. The summed E-state index contributed by atoms with van der Waals surface area (Å²) in [6.45, 7) is 5.10. The minimum Gasteiger partial charge on any atom is -0.483 e. The Morgan fingerprint density at radius 2 is 2.11 bits per heavy atom. The second kappa shape index (κ2) is 8.06. The van der Waals surface area contributed by atoms with Crippen molar-refractivity contribution in [2.75, 3.05) is 11.9 Å². The average molecular weight is 405 g/mol. The number of carbonyl (C=O) groups is 2. The SMILES string of the molecule is C[C@H](OC(=O)COc1cccc2c1OC(C)(C)C2)C(=O)Nc1ccc(Cl)cn1. The fraction of sp³-hybridized carbons (Fsp3) is 0.350. The Labute approximate surface area is 168 Å². The van der Waals surface area contributed by atoms with E-state index in [-0.39, 0.29) is 12.2 Å². The molecule has 28 heavy (non-hydrogen) atoms. The zero-order chi connectivity index (χ0) is 20.3. The number of hydrogen-bond donors (Lipinski definition) is 1. The van der Waals surface area contributed by atoms with Gasteiger partial charge in [0.1, 0.15) is 11.4 Å². The highest BCUT2D eigenvalue weighted by atomic mass is 35.5. The third kappa shape index (κ3) is 4.92. The molecule has 1 aromatic carbocycles. The van der Waals surface area contributed by atoms with Crippen LogP contribution in [0.3, 0.4) is 0 Å². The lowest BCUT2D eigenvalue weighted by atomic mass is 10.0. The lowest BCUT2D eigenvalue weighted by Gasteiger charge is -2.18. The van der Waals surface area contributed by atoms with E-state index in [9.17, 15) is 9.59 Å². The molecule has 148 valence electrons. The van der Waals surface area contributed by atoms with Crippen LogP contribution >= 0.6 is 11.6 Å². The standard InChI is InChI=1S/C20H21ClN2O5/c1-12(19(25)23-16-8-7-14(21)10-22-16)27-17(24)11-26-15-6-4-5-13-9-20(2,3)28-18(13)15/h4-8,10,12H,9,11H2,1-3H3,(H,22,23,25)/t12-/m0/s1. The number of nitrogens with one attached hydrogen (secondary N) is 1. The van der Waals surface area contributed by atoms with Crippen LogP contribution in [0.2, 0.25) is 5.02 Å². The van der Waals surface area contributed by atoms with Gasteiger partial charge in [-0.05, 0) is 39.0 Å². The summed E-state index contributed by atoms with van der Waals surface area (Å²) >= 11 is 5.75. The lowest BCUT2D eigenvalue weighted by Crippen LogP contribution is -2.32. The Kier molecular flexibility index (Phi) is 5.74. The number of halogens is 1. The van der Waals surface area contributed by atoms with Crippen LogP contribution in [-0.4, -0.2) is 35.2 Å². The van der Waals surface area contributed by atoms with Crippen molar-refractivity contribution in [3.63, 3.8) is 0 Å². The fourth-order valence-corrected chi connectivity index (χ4v) is 2.91. The summed E-state index contributed by atoms with van der Waals surface area (Å²) in [5.41, 5.74) is 0.712. The smallest absolute Gasteiger partial charge is 0.344 e. The molecule has 7 nitrogen and oxygen atoms in total. The molecular weight excluding hydrogens is 384 g/mol. The number of fused-ring (bicyclic) bond motifs is 1. The summed E-state index contributed by atoms with van der Waals surface area (Å²) in [6, 6.07) is 8.69. The molecule has 0 bridgehead atoms. The van der Waals surface area contributed by atoms with Gasteiger partial charge in [0.25, 0.3) is 5.91 Å². The van der Waals surface area contributed by atoms with Gasteiger partial charge in [0, 0.05) is 18.2 Å². The second-order valence-corrected chi connectivity index (χ2v) is 7.49. The third-order valence-electron chi connectivity index (χ3n) is 4.06. The first kappa shape index (κ1) is 19.9. The van der Waals surface area contributed by atoms with Gasteiger partial charge in [-0.1, -0.05) is 23.7 Å². The highest BCUT2D eigenvalue weighted by molar-refractivity contribution is 6.30. The van der Waals surface area contributed by atoms with Crippen LogP contribution in [0.5, 0.6) is 11.5 Å². The van der Waals surface area contributed by atoms with Crippen molar-refractivity contribution in [1.82, 2.24) is 4.98 Å². The first-order chi connectivity index (χ1) is 13.2. The molecule has 1 aromatic heterocycles. The molecule has 2 heterocycles. The Balaban J connectivity index is 1.51. The number of ether oxygens (including phenoxy) is 3. The highest BCUT2D eigenvalue weighted by Gasteiger charge is 2.32. The van der Waals surface area contributed by atoms with E-state index in [1.807, 2.05) is 26.0 Å². The van der Waals surface area contributed by atoms with Gasteiger partial charge in [0.15, 0.2) is 24.2 Å². The van der Waals surface area contributed by atoms with E-state index >= 15 is 0 Å². The number of aromatic nitrogens is 1. The van der Waals surface area contributed by atoms with Crippen molar-refractivity contribution in [2.24, 2.45) is 0 Å². The predicted molar refractivity (Wildman–Crippen MR) is 104 cm³/mol. The molecule has 0 spiro atoms. The van der Waals surface area contributed by atoms with Crippen molar-refractivity contribution in [1.29, 1.82) is 0 Å². The maximum Gasteiger partial charge on any atom is 0.344 e. The Hall–Kier alpha value is -2.80. The largest absolute Gasteiger partial charge is 0.483 e. The summed E-state index contributed by atoms with van der Waals surface area (Å²) in [6.07, 6.45) is 1.16. The number of benzene rings is 1. The normalized spacial score (nSPS) is 15.1. The zero-order valence-corrected chi connectivity index (χ0v) is 16.6. The first-order valence-electron chi connectivity index (χ1n) is 8.79. The number of carbonyl (C=O) groups excluding carboxylic acids is 2. The first-order valence-corrected chi connectivity index (χ1v) is 9.17. The molecule has 0 fully saturated rings. The minimum atomic E-state index is -1.01. The summed E-state index contributed by atoms with van der Waals surface area (Å²) in [5.74, 6) is 0.256.